The molecule has 0 saturated carbocycles. The summed E-state index contributed by atoms with van der Waals surface area (Å²) in [6.07, 6.45) is 3.92. The number of carbonyl (C=O) groups is 1. The molecule has 3 nitrogen and oxygen atoms in total. The van der Waals surface area contributed by atoms with E-state index in [1.54, 1.807) is 0 Å². The van der Waals surface area contributed by atoms with Crippen molar-refractivity contribution in [2.45, 2.75) is 40.0 Å². The molecule has 0 fully saturated rings. The molecule has 0 aromatic heterocycles. The Balaban J connectivity index is 3.87. The molecule has 0 amide bonds. The summed E-state index contributed by atoms with van der Waals surface area (Å²) in [4.78, 5) is 10.0. The van der Waals surface area contributed by atoms with Crippen LogP contribution >= 0.6 is 0 Å². The monoisotopic (exact) mass is 198 g/mol. The van der Waals surface area contributed by atoms with Gasteiger partial charge in [0.2, 0.25) is 0 Å². The van der Waals surface area contributed by atoms with E-state index in [1.807, 2.05) is 6.92 Å². The predicted molar refractivity (Wildman–Crippen MR) is 54.7 cm³/mol. The van der Waals surface area contributed by atoms with Crippen LogP contribution in [0.1, 0.15) is 40.0 Å². The third kappa shape index (κ3) is 7.48. The highest BCUT2D eigenvalue weighted by Crippen LogP contribution is 2.14. The first-order chi connectivity index (χ1) is 6.56. The first-order valence-corrected chi connectivity index (χ1v) is 4.96. The zero-order valence-electron chi connectivity index (χ0n) is 9.04. The Hall–Kier alpha value is -1.17. The Morgan fingerprint density at radius 2 is 2.07 bits per heavy atom. The average Bonchev–Trinajstić information content (AvgIpc) is 2.10. The van der Waals surface area contributed by atoms with Gasteiger partial charge in [0.1, 0.15) is 6.11 Å². The van der Waals surface area contributed by atoms with Crippen LogP contribution in [-0.2, 0) is 4.74 Å². The molecule has 1 unspecified atom stereocenters. The minimum absolute atomic E-state index is 0.247. The number of hydrogen-bond donors (Lipinski definition) is 1. The van der Waals surface area contributed by atoms with Crippen LogP contribution in [0.3, 0.4) is 0 Å². The Kier molecular flexibility index (Phi) is 6.65. The molecule has 0 aromatic carbocycles. The van der Waals surface area contributed by atoms with Gasteiger partial charge in [0.15, 0.2) is 0 Å². The predicted octanol–water partition coefficient (Wildman–Crippen LogP) is 3.10. The number of carboxylic acid groups (broad SMARTS) is 1. The maximum atomic E-state index is 10.0. The van der Waals surface area contributed by atoms with E-state index in [-0.39, 0.29) is 5.92 Å². The molecule has 0 spiro atoms. The minimum atomic E-state index is -1.34. The molecule has 0 aliphatic carbocycles. The lowest BCUT2D eigenvalue weighted by molar-refractivity contribution is 0.134. The largest absolute Gasteiger partial charge is 0.520 e. The van der Waals surface area contributed by atoms with Crippen LogP contribution in [0.5, 0.6) is 0 Å². The van der Waals surface area contributed by atoms with Crippen LogP contribution < -0.4 is 0 Å². The van der Waals surface area contributed by atoms with Crippen LogP contribution in [0, 0.1) is 23.9 Å². The second kappa shape index (κ2) is 7.25. The van der Waals surface area contributed by atoms with Gasteiger partial charge in [0.05, 0.1) is 0 Å². The lowest BCUT2D eigenvalue weighted by atomic mass is 9.96. The number of hydrogen-bond acceptors (Lipinski definition) is 2. The lowest BCUT2D eigenvalue weighted by Gasteiger charge is -2.08. The van der Waals surface area contributed by atoms with Crippen LogP contribution in [0.15, 0.2) is 0 Å². The topological polar surface area (TPSA) is 46.5 Å². The van der Waals surface area contributed by atoms with Gasteiger partial charge in [-0.15, -0.1) is 0 Å². The van der Waals surface area contributed by atoms with E-state index < -0.39 is 6.16 Å². The maximum Gasteiger partial charge on any atom is 0.520 e. The third-order valence-corrected chi connectivity index (χ3v) is 1.99. The fraction of sp³-hybridized carbons (Fsp3) is 0.727. The van der Waals surface area contributed by atoms with Crippen molar-refractivity contribution in [3.05, 3.63) is 0 Å². The van der Waals surface area contributed by atoms with Gasteiger partial charge in [-0.25, -0.2) is 4.79 Å². The molecule has 0 radical (unpaired) electrons. The highest BCUT2D eigenvalue weighted by molar-refractivity contribution is 5.58. The molecule has 0 saturated heterocycles. The zero-order valence-corrected chi connectivity index (χ0v) is 9.04. The Morgan fingerprint density at radius 3 is 2.50 bits per heavy atom. The van der Waals surface area contributed by atoms with E-state index in [2.05, 4.69) is 30.6 Å². The number of rotatable bonds is 4. The molecule has 0 aliphatic heterocycles. The summed E-state index contributed by atoms with van der Waals surface area (Å²) in [6, 6.07) is 0. The van der Waals surface area contributed by atoms with Gasteiger partial charge in [0.25, 0.3) is 0 Å². The van der Waals surface area contributed by atoms with Crippen molar-refractivity contribution in [3.8, 4) is 12.0 Å². The summed E-state index contributed by atoms with van der Waals surface area (Å²) >= 11 is 0. The molecule has 3 heteroatoms. The molecular weight excluding hydrogens is 180 g/mol. The van der Waals surface area contributed by atoms with Crippen molar-refractivity contribution in [1.82, 2.24) is 0 Å². The van der Waals surface area contributed by atoms with Crippen molar-refractivity contribution in [3.63, 3.8) is 0 Å². The van der Waals surface area contributed by atoms with Crippen molar-refractivity contribution in [2.75, 3.05) is 0 Å². The SMILES string of the molecule is CCC(C#COC(=O)O)CCC(C)C. The quantitative estimate of drug-likeness (QED) is 0.557. The molecule has 0 heterocycles. The summed E-state index contributed by atoms with van der Waals surface area (Å²) in [5, 5.41) is 8.19. The van der Waals surface area contributed by atoms with Crippen LogP contribution in [-0.4, -0.2) is 11.3 Å². The normalized spacial score (nSPS) is 11.7. The summed E-state index contributed by atoms with van der Waals surface area (Å²) in [5.41, 5.74) is 0. The Morgan fingerprint density at radius 1 is 1.43 bits per heavy atom. The molecule has 0 bridgehead atoms. The van der Waals surface area contributed by atoms with E-state index in [0.717, 1.165) is 19.3 Å². The molecule has 0 aromatic rings. The average molecular weight is 198 g/mol. The van der Waals surface area contributed by atoms with Gasteiger partial charge in [-0.3, -0.25) is 0 Å². The smallest absolute Gasteiger partial charge is 0.449 e. The van der Waals surface area contributed by atoms with E-state index in [4.69, 9.17) is 5.11 Å². The Labute approximate surface area is 85.5 Å². The van der Waals surface area contributed by atoms with E-state index in [9.17, 15) is 4.79 Å². The minimum Gasteiger partial charge on any atom is -0.449 e. The molecule has 0 aliphatic rings. The summed E-state index contributed by atoms with van der Waals surface area (Å²) in [5.74, 6) is 3.71. The van der Waals surface area contributed by atoms with Crippen LogP contribution in [0.4, 0.5) is 4.79 Å². The van der Waals surface area contributed by atoms with E-state index in [0.29, 0.717) is 5.92 Å². The first-order valence-electron chi connectivity index (χ1n) is 4.96. The second-order valence-corrected chi connectivity index (χ2v) is 3.69. The standard InChI is InChI=1S/C11H18O3/c1-4-10(6-5-9(2)3)7-8-14-11(12)13/h9-10H,4-6H2,1-3H3,(H,12,13). The fourth-order valence-corrected chi connectivity index (χ4v) is 1.07. The van der Waals surface area contributed by atoms with Crippen LogP contribution in [0.2, 0.25) is 0 Å². The summed E-state index contributed by atoms with van der Waals surface area (Å²) in [7, 11) is 0. The van der Waals surface area contributed by atoms with Crippen molar-refractivity contribution in [2.24, 2.45) is 11.8 Å². The molecular formula is C11H18O3. The van der Waals surface area contributed by atoms with Crippen molar-refractivity contribution >= 4 is 6.16 Å². The highest BCUT2D eigenvalue weighted by atomic mass is 16.7. The van der Waals surface area contributed by atoms with Gasteiger partial charge in [-0.05, 0) is 25.2 Å². The van der Waals surface area contributed by atoms with Crippen LogP contribution in [0.25, 0.3) is 0 Å². The second-order valence-electron chi connectivity index (χ2n) is 3.69. The maximum absolute atomic E-state index is 10.0. The van der Waals surface area contributed by atoms with Gasteiger partial charge in [-0.1, -0.05) is 26.7 Å². The molecule has 0 rings (SSSR count). The molecule has 80 valence electrons. The molecule has 14 heavy (non-hydrogen) atoms. The zero-order chi connectivity index (χ0) is 11.0. The highest BCUT2D eigenvalue weighted by Gasteiger charge is 2.04. The first kappa shape index (κ1) is 12.8. The van der Waals surface area contributed by atoms with Gasteiger partial charge >= 0.3 is 6.16 Å². The van der Waals surface area contributed by atoms with Gasteiger partial charge in [0, 0.05) is 5.92 Å². The van der Waals surface area contributed by atoms with Crippen molar-refractivity contribution in [1.29, 1.82) is 0 Å². The fourth-order valence-electron chi connectivity index (χ4n) is 1.07. The Bertz CT molecular complexity index is 222. The lowest BCUT2D eigenvalue weighted by Crippen LogP contribution is -1.99. The number of ether oxygens (including phenoxy) is 1. The van der Waals surface area contributed by atoms with Gasteiger partial charge < -0.3 is 9.84 Å². The summed E-state index contributed by atoms with van der Waals surface area (Å²) in [6.45, 7) is 6.36. The molecule has 1 N–H and O–H groups in total. The van der Waals surface area contributed by atoms with E-state index in [1.165, 1.54) is 0 Å². The van der Waals surface area contributed by atoms with Gasteiger partial charge in [-0.2, -0.15) is 0 Å². The summed E-state index contributed by atoms with van der Waals surface area (Å²) < 4.78 is 4.14. The molecule has 1 atom stereocenters. The van der Waals surface area contributed by atoms with Crippen molar-refractivity contribution < 1.29 is 14.6 Å². The van der Waals surface area contributed by atoms with E-state index >= 15 is 0 Å². The third-order valence-electron chi connectivity index (χ3n) is 1.99.